The summed E-state index contributed by atoms with van der Waals surface area (Å²) in [5.41, 5.74) is 3.84. The van der Waals surface area contributed by atoms with Crippen molar-refractivity contribution in [1.29, 1.82) is 0 Å². The molecular formula is C22H26N2O. The number of rotatable bonds is 3. The number of H-pyrrole nitrogens is 1. The fourth-order valence-corrected chi connectivity index (χ4v) is 6.68. The van der Waals surface area contributed by atoms with Crippen LogP contribution in [-0.2, 0) is 0 Å². The molecule has 0 radical (unpaired) electrons. The Hall–Kier alpha value is -1.77. The van der Waals surface area contributed by atoms with Gasteiger partial charge < -0.3 is 4.98 Å². The highest BCUT2D eigenvalue weighted by Crippen LogP contribution is 2.60. The number of aromatic nitrogens is 2. The van der Waals surface area contributed by atoms with Crippen molar-refractivity contribution in [2.24, 2.45) is 23.7 Å². The number of hydrogen-bond donors (Lipinski definition) is 1. The van der Waals surface area contributed by atoms with Crippen molar-refractivity contribution in [3.05, 3.63) is 46.5 Å². The second kappa shape index (κ2) is 5.12. The molecule has 1 N–H and O–H groups in total. The molecule has 0 aliphatic heterocycles. The first-order valence-electron chi connectivity index (χ1n) is 10.2. The predicted molar refractivity (Wildman–Crippen MR) is 98.5 cm³/mol. The SMILES string of the molecule is O=c1[nH]c(C2C3CC4CC(C3)CC2C4)c(-c2ccccc2)n1C1CC1. The Bertz CT molecular complexity index is 830. The highest BCUT2D eigenvalue weighted by molar-refractivity contribution is 5.64. The van der Waals surface area contributed by atoms with Crippen LogP contribution in [0.1, 0.15) is 62.6 Å². The molecule has 0 atom stereocenters. The smallest absolute Gasteiger partial charge is 0.309 e. The zero-order valence-corrected chi connectivity index (χ0v) is 14.7. The van der Waals surface area contributed by atoms with E-state index in [1.165, 1.54) is 49.1 Å². The summed E-state index contributed by atoms with van der Waals surface area (Å²) in [5.74, 6) is 4.11. The topological polar surface area (TPSA) is 37.8 Å². The Morgan fingerprint density at radius 1 is 0.880 bits per heavy atom. The largest absolute Gasteiger partial charge is 0.326 e. The molecule has 2 aromatic rings. The number of imidazole rings is 1. The number of hydrogen-bond acceptors (Lipinski definition) is 1. The van der Waals surface area contributed by atoms with Crippen molar-refractivity contribution in [3.8, 4) is 11.3 Å². The summed E-state index contributed by atoms with van der Waals surface area (Å²) in [6.07, 6.45) is 9.35. The van der Waals surface area contributed by atoms with Crippen molar-refractivity contribution in [2.75, 3.05) is 0 Å². The van der Waals surface area contributed by atoms with E-state index in [-0.39, 0.29) is 5.69 Å². The number of nitrogens with one attached hydrogen (secondary N) is 1. The van der Waals surface area contributed by atoms with Gasteiger partial charge in [-0.2, -0.15) is 0 Å². The maximum absolute atomic E-state index is 12.9. The maximum atomic E-state index is 12.9. The summed E-state index contributed by atoms with van der Waals surface area (Å²) >= 11 is 0. The van der Waals surface area contributed by atoms with Crippen LogP contribution in [0, 0.1) is 23.7 Å². The average Bonchev–Trinajstić information content (AvgIpc) is 3.38. The Balaban J connectivity index is 1.52. The van der Waals surface area contributed by atoms with Gasteiger partial charge in [0, 0.05) is 23.2 Å². The van der Waals surface area contributed by atoms with E-state index in [9.17, 15) is 4.79 Å². The van der Waals surface area contributed by atoms with Gasteiger partial charge in [0.25, 0.3) is 0 Å². The molecule has 3 heteroatoms. The zero-order chi connectivity index (χ0) is 16.5. The molecule has 5 aliphatic carbocycles. The van der Waals surface area contributed by atoms with Gasteiger partial charge in [0.15, 0.2) is 0 Å². The van der Waals surface area contributed by atoms with Crippen LogP contribution in [0.5, 0.6) is 0 Å². The van der Waals surface area contributed by atoms with Gasteiger partial charge in [-0.15, -0.1) is 0 Å². The van der Waals surface area contributed by atoms with Gasteiger partial charge in [-0.3, -0.25) is 4.57 Å². The summed E-state index contributed by atoms with van der Waals surface area (Å²) in [6.45, 7) is 0. The summed E-state index contributed by atoms with van der Waals surface area (Å²) < 4.78 is 2.09. The second-order valence-electron chi connectivity index (χ2n) is 9.12. The maximum Gasteiger partial charge on any atom is 0.326 e. The Morgan fingerprint density at radius 3 is 2.12 bits per heavy atom. The van der Waals surface area contributed by atoms with Gasteiger partial charge in [-0.25, -0.2) is 4.79 Å². The minimum absolute atomic E-state index is 0.130. The standard InChI is InChI=1S/C22H26N2O/c25-22-23-20(19-16-9-13-8-14(11-16)12-17(19)10-13)21(24(22)18-6-7-18)15-4-2-1-3-5-15/h1-5,13-14,16-19H,6-12H2,(H,23,25). The van der Waals surface area contributed by atoms with Crippen LogP contribution in [0.3, 0.4) is 0 Å². The van der Waals surface area contributed by atoms with Gasteiger partial charge in [0.1, 0.15) is 0 Å². The van der Waals surface area contributed by atoms with Gasteiger partial charge in [-0.05, 0) is 68.6 Å². The number of aromatic amines is 1. The first-order valence-corrected chi connectivity index (χ1v) is 10.2. The van der Waals surface area contributed by atoms with E-state index in [0.717, 1.165) is 36.5 Å². The molecule has 1 heterocycles. The molecule has 1 aromatic carbocycles. The minimum atomic E-state index is 0.130. The van der Waals surface area contributed by atoms with E-state index < -0.39 is 0 Å². The fraction of sp³-hybridized carbons (Fsp3) is 0.591. The lowest BCUT2D eigenvalue weighted by molar-refractivity contribution is -0.00389. The van der Waals surface area contributed by atoms with Gasteiger partial charge >= 0.3 is 5.69 Å². The minimum Gasteiger partial charge on any atom is -0.309 e. The van der Waals surface area contributed by atoms with Crippen LogP contribution in [0.25, 0.3) is 11.3 Å². The molecule has 3 nitrogen and oxygen atoms in total. The van der Waals surface area contributed by atoms with Crippen LogP contribution in [0.2, 0.25) is 0 Å². The molecule has 0 saturated heterocycles. The van der Waals surface area contributed by atoms with Crippen molar-refractivity contribution in [3.63, 3.8) is 0 Å². The third kappa shape index (κ3) is 2.14. The second-order valence-corrected chi connectivity index (χ2v) is 9.12. The molecule has 5 saturated carbocycles. The molecule has 5 fully saturated rings. The summed E-state index contributed by atoms with van der Waals surface area (Å²) in [6, 6.07) is 11.1. The van der Waals surface area contributed by atoms with E-state index in [0.29, 0.717) is 12.0 Å². The highest BCUT2D eigenvalue weighted by Gasteiger charge is 2.50. The lowest BCUT2D eigenvalue weighted by Gasteiger charge is -2.54. The normalized spacial score (nSPS) is 36.1. The predicted octanol–water partition coefficient (Wildman–Crippen LogP) is 4.72. The van der Waals surface area contributed by atoms with Gasteiger partial charge in [0.2, 0.25) is 0 Å². The molecular weight excluding hydrogens is 308 g/mol. The Morgan fingerprint density at radius 2 is 1.52 bits per heavy atom. The van der Waals surface area contributed by atoms with Gasteiger partial charge in [0.05, 0.1) is 5.69 Å². The van der Waals surface area contributed by atoms with Crippen LogP contribution in [-0.4, -0.2) is 9.55 Å². The van der Waals surface area contributed by atoms with Crippen molar-refractivity contribution < 1.29 is 0 Å². The fourth-order valence-electron chi connectivity index (χ4n) is 6.68. The molecule has 130 valence electrons. The first-order chi connectivity index (χ1) is 12.3. The Labute approximate surface area is 148 Å². The Kier molecular flexibility index (Phi) is 2.95. The van der Waals surface area contributed by atoms with Crippen LogP contribution in [0.15, 0.2) is 35.1 Å². The summed E-state index contributed by atoms with van der Waals surface area (Å²) in [4.78, 5) is 16.2. The zero-order valence-electron chi connectivity index (χ0n) is 14.7. The molecule has 1 aromatic heterocycles. The lowest BCUT2D eigenvalue weighted by Crippen LogP contribution is -2.44. The first kappa shape index (κ1) is 14.4. The lowest BCUT2D eigenvalue weighted by atomic mass is 9.51. The molecule has 0 spiro atoms. The summed E-state index contributed by atoms with van der Waals surface area (Å²) in [5, 5.41) is 0. The number of nitrogens with zero attached hydrogens (tertiary/aromatic N) is 1. The highest BCUT2D eigenvalue weighted by atomic mass is 16.1. The molecule has 25 heavy (non-hydrogen) atoms. The molecule has 0 amide bonds. The van der Waals surface area contributed by atoms with E-state index in [1.807, 2.05) is 0 Å². The molecule has 5 aliphatic rings. The molecule has 4 bridgehead atoms. The average molecular weight is 334 g/mol. The van der Waals surface area contributed by atoms with Crippen LogP contribution in [0.4, 0.5) is 0 Å². The van der Waals surface area contributed by atoms with E-state index in [1.54, 1.807) is 0 Å². The summed E-state index contributed by atoms with van der Waals surface area (Å²) in [7, 11) is 0. The quantitative estimate of drug-likeness (QED) is 0.866. The molecule has 7 rings (SSSR count). The van der Waals surface area contributed by atoms with Crippen molar-refractivity contribution in [2.45, 2.75) is 56.9 Å². The van der Waals surface area contributed by atoms with Crippen molar-refractivity contribution >= 4 is 0 Å². The van der Waals surface area contributed by atoms with Crippen LogP contribution >= 0.6 is 0 Å². The molecule has 0 unspecified atom stereocenters. The number of benzene rings is 1. The van der Waals surface area contributed by atoms with E-state index >= 15 is 0 Å². The van der Waals surface area contributed by atoms with Gasteiger partial charge in [-0.1, -0.05) is 30.3 Å². The van der Waals surface area contributed by atoms with E-state index in [4.69, 9.17) is 0 Å². The third-order valence-corrected chi connectivity index (χ3v) is 7.48. The van der Waals surface area contributed by atoms with Crippen molar-refractivity contribution in [1.82, 2.24) is 9.55 Å². The third-order valence-electron chi connectivity index (χ3n) is 7.48. The monoisotopic (exact) mass is 334 g/mol. The van der Waals surface area contributed by atoms with Crippen LogP contribution < -0.4 is 5.69 Å². The van der Waals surface area contributed by atoms with E-state index in [2.05, 4.69) is 39.9 Å².